The molecule has 1 amide bonds. The molecule has 0 spiro atoms. The molecule has 0 aliphatic carbocycles. The Bertz CT molecular complexity index is 2220. The third-order valence-electron chi connectivity index (χ3n) is 8.88. The highest BCUT2D eigenvalue weighted by Crippen LogP contribution is 2.38. The molecule has 1 atom stereocenters. The van der Waals surface area contributed by atoms with Crippen LogP contribution in [-0.2, 0) is 11.3 Å². The first-order chi connectivity index (χ1) is 22.7. The number of methoxy groups -OCH3 is 2. The highest BCUT2D eigenvalue weighted by Gasteiger charge is 2.36. The number of halogens is 1. The number of fused-ring (bicyclic) bond motifs is 2. The number of nitrogens with zero attached hydrogens (tertiary/aromatic N) is 4. The van der Waals surface area contributed by atoms with E-state index in [1.165, 1.54) is 11.3 Å². The van der Waals surface area contributed by atoms with Crippen LogP contribution in [0.3, 0.4) is 0 Å². The van der Waals surface area contributed by atoms with Crippen LogP contribution < -0.4 is 24.4 Å². The van der Waals surface area contributed by atoms with Crippen molar-refractivity contribution >= 4 is 45.8 Å². The summed E-state index contributed by atoms with van der Waals surface area (Å²) in [6, 6.07) is 20.7. The second-order valence-electron chi connectivity index (χ2n) is 11.4. The smallest absolute Gasteiger partial charge is 0.271 e. The average Bonchev–Trinajstić information content (AvgIpc) is 3.53. The minimum atomic E-state index is -0.769. The van der Waals surface area contributed by atoms with Gasteiger partial charge in [0.2, 0.25) is 0 Å². The Morgan fingerprint density at radius 2 is 1.74 bits per heavy atom. The van der Waals surface area contributed by atoms with Crippen LogP contribution in [0.25, 0.3) is 17.0 Å². The first-order valence-electron chi connectivity index (χ1n) is 15.6. The lowest BCUT2D eigenvalue weighted by Crippen LogP contribution is -2.43. The van der Waals surface area contributed by atoms with Gasteiger partial charge in [0.1, 0.15) is 17.5 Å². The molecule has 3 heterocycles. The number of aromatic nitrogens is 2. The van der Waals surface area contributed by atoms with Gasteiger partial charge in [-0.2, -0.15) is 0 Å². The van der Waals surface area contributed by atoms with E-state index in [9.17, 15) is 9.59 Å². The average molecular weight is 669 g/mol. The Kier molecular flexibility index (Phi) is 9.12. The lowest BCUT2D eigenvalue weighted by atomic mass is 9.93. The minimum Gasteiger partial charge on any atom is -0.497 e. The molecular weight excluding hydrogens is 632 g/mol. The van der Waals surface area contributed by atoms with E-state index in [0.29, 0.717) is 62.3 Å². The van der Waals surface area contributed by atoms with Gasteiger partial charge in [0, 0.05) is 52.4 Å². The number of thiazole rings is 1. The van der Waals surface area contributed by atoms with Gasteiger partial charge in [0.25, 0.3) is 11.5 Å². The molecular formula is C37H37ClN4O4S. The van der Waals surface area contributed by atoms with Crippen molar-refractivity contribution in [2.75, 3.05) is 27.3 Å². The molecule has 0 saturated heterocycles. The number of para-hydroxylation sites is 1. The minimum absolute atomic E-state index is 0.168. The molecule has 2 aromatic heterocycles. The molecule has 0 bridgehead atoms. The van der Waals surface area contributed by atoms with Gasteiger partial charge in [-0.15, -0.1) is 0 Å². The standard InChI is InChI=1S/C37H37ClN4O4S/c1-7-40(8-2)36(44)33-22(3)39-37-42(34(33)28-19-25(45-5)17-18-31(28)46-6)35(43)32(47-37)20-27-23(4)41(30-16-12-10-14-26(27)30)21-24-13-9-11-15-29(24)38/h9-20,34H,7-8,21H2,1-6H3/b32-20+/t34-/m1/s1. The van der Waals surface area contributed by atoms with Crippen LogP contribution in [0.15, 0.2) is 87.8 Å². The van der Waals surface area contributed by atoms with E-state index >= 15 is 0 Å². The Balaban J connectivity index is 1.59. The Morgan fingerprint density at radius 1 is 1.02 bits per heavy atom. The number of carbonyl (C=O) groups is 1. The molecule has 8 nitrogen and oxygen atoms in total. The number of hydrogen-bond acceptors (Lipinski definition) is 6. The first-order valence-corrected chi connectivity index (χ1v) is 16.8. The highest BCUT2D eigenvalue weighted by atomic mass is 35.5. The van der Waals surface area contributed by atoms with E-state index in [2.05, 4.69) is 23.6 Å². The van der Waals surface area contributed by atoms with Gasteiger partial charge in [-0.3, -0.25) is 14.2 Å². The molecule has 0 saturated carbocycles. The predicted molar refractivity (Wildman–Crippen MR) is 188 cm³/mol. The normalized spacial score (nSPS) is 14.7. The van der Waals surface area contributed by atoms with Gasteiger partial charge in [0.15, 0.2) is 4.80 Å². The number of likely N-dealkylation sites (N-methyl/N-ethyl adjacent to an activating group) is 1. The maximum absolute atomic E-state index is 14.6. The van der Waals surface area contributed by atoms with Crippen molar-refractivity contribution < 1.29 is 14.3 Å². The third-order valence-corrected chi connectivity index (χ3v) is 10.2. The predicted octanol–water partition coefficient (Wildman–Crippen LogP) is 6.09. The fourth-order valence-corrected chi connectivity index (χ4v) is 7.62. The fraction of sp³-hybridized carbons (Fsp3) is 0.270. The Morgan fingerprint density at radius 3 is 2.45 bits per heavy atom. The summed E-state index contributed by atoms with van der Waals surface area (Å²) < 4.78 is 15.7. The summed E-state index contributed by atoms with van der Waals surface area (Å²) in [7, 11) is 3.17. The molecule has 1 aliphatic rings. The van der Waals surface area contributed by atoms with Crippen LogP contribution in [0.2, 0.25) is 5.02 Å². The maximum atomic E-state index is 14.6. The topological polar surface area (TPSA) is 78.1 Å². The van der Waals surface area contributed by atoms with Crippen molar-refractivity contribution in [2.45, 2.75) is 40.3 Å². The summed E-state index contributed by atoms with van der Waals surface area (Å²) in [4.78, 5) is 35.8. The summed E-state index contributed by atoms with van der Waals surface area (Å²) in [5.74, 6) is 0.969. The molecule has 5 aromatic rings. The molecule has 242 valence electrons. The Hall–Kier alpha value is -4.60. The van der Waals surface area contributed by atoms with E-state index in [1.807, 2.05) is 69.3 Å². The van der Waals surface area contributed by atoms with E-state index in [-0.39, 0.29) is 11.5 Å². The number of carbonyl (C=O) groups excluding carboxylic acids is 1. The van der Waals surface area contributed by atoms with Crippen LogP contribution in [-0.4, -0.2) is 47.3 Å². The zero-order chi connectivity index (χ0) is 33.4. The van der Waals surface area contributed by atoms with Crippen molar-refractivity contribution in [1.29, 1.82) is 0 Å². The van der Waals surface area contributed by atoms with Crippen molar-refractivity contribution in [3.05, 3.63) is 125 Å². The van der Waals surface area contributed by atoms with Crippen LogP contribution in [0.5, 0.6) is 11.5 Å². The quantitative estimate of drug-likeness (QED) is 0.191. The third kappa shape index (κ3) is 5.68. The van der Waals surface area contributed by atoms with Crippen LogP contribution in [0.1, 0.15) is 49.2 Å². The number of amides is 1. The van der Waals surface area contributed by atoms with E-state index in [0.717, 1.165) is 27.7 Å². The zero-order valence-corrected chi connectivity index (χ0v) is 28.9. The molecule has 10 heteroatoms. The van der Waals surface area contributed by atoms with Gasteiger partial charge < -0.3 is 18.9 Å². The van der Waals surface area contributed by atoms with Crippen molar-refractivity contribution in [1.82, 2.24) is 14.0 Å². The van der Waals surface area contributed by atoms with Crippen LogP contribution in [0, 0.1) is 6.92 Å². The van der Waals surface area contributed by atoms with Gasteiger partial charge in [-0.1, -0.05) is 59.3 Å². The van der Waals surface area contributed by atoms with Crippen molar-refractivity contribution in [3.63, 3.8) is 0 Å². The second kappa shape index (κ2) is 13.3. The molecule has 1 aliphatic heterocycles. The molecule has 3 aromatic carbocycles. The van der Waals surface area contributed by atoms with Crippen LogP contribution in [0.4, 0.5) is 0 Å². The van der Waals surface area contributed by atoms with Gasteiger partial charge >= 0.3 is 0 Å². The van der Waals surface area contributed by atoms with Gasteiger partial charge in [0.05, 0.1) is 30.0 Å². The number of rotatable bonds is 9. The number of ether oxygens (including phenoxy) is 2. The lowest BCUT2D eigenvalue weighted by Gasteiger charge is -2.30. The number of benzene rings is 3. The monoisotopic (exact) mass is 668 g/mol. The number of hydrogen-bond donors (Lipinski definition) is 0. The molecule has 0 unspecified atom stereocenters. The summed E-state index contributed by atoms with van der Waals surface area (Å²) in [5, 5.41) is 1.74. The van der Waals surface area contributed by atoms with Crippen molar-refractivity contribution in [2.24, 2.45) is 4.99 Å². The molecule has 47 heavy (non-hydrogen) atoms. The highest BCUT2D eigenvalue weighted by molar-refractivity contribution is 7.07. The van der Waals surface area contributed by atoms with E-state index in [4.69, 9.17) is 26.1 Å². The van der Waals surface area contributed by atoms with E-state index < -0.39 is 6.04 Å². The van der Waals surface area contributed by atoms with Gasteiger partial charge in [-0.25, -0.2) is 4.99 Å². The summed E-state index contributed by atoms with van der Waals surface area (Å²) >= 11 is 7.88. The first kappa shape index (κ1) is 32.3. The summed E-state index contributed by atoms with van der Waals surface area (Å²) in [5.41, 5.74) is 5.44. The largest absolute Gasteiger partial charge is 0.497 e. The van der Waals surface area contributed by atoms with Crippen molar-refractivity contribution in [3.8, 4) is 11.5 Å². The summed E-state index contributed by atoms with van der Waals surface area (Å²) in [6.07, 6.45) is 1.95. The maximum Gasteiger partial charge on any atom is 0.271 e. The molecule has 6 rings (SSSR count). The second-order valence-corrected chi connectivity index (χ2v) is 12.8. The molecule has 0 N–H and O–H groups in total. The SMILES string of the molecule is CCN(CC)C(=O)C1=C(C)N=c2s/c(=C/c3c(C)n(Cc4ccccc4Cl)c4ccccc34)c(=O)n2[C@@H]1c1cc(OC)ccc1OC. The lowest BCUT2D eigenvalue weighted by molar-refractivity contribution is -0.127. The summed E-state index contributed by atoms with van der Waals surface area (Å²) in [6.45, 7) is 9.42. The number of allylic oxidation sites excluding steroid dienone is 1. The van der Waals surface area contributed by atoms with Gasteiger partial charge in [-0.05, 0) is 69.7 Å². The zero-order valence-electron chi connectivity index (χ0n) is 27.3. The van der Waals surface area contributed by atoms with E-state index in [1.54, 1.807) is 35.8 Å². The molecule has 0 radical (unpaired) electrons. The van der Waals surface area contributed by atoms with Crippen LogP contribution >= 0.6 is 22.9 Å². The Labute approximate surface area is 282 Å². The fourth-order valence-electron chi connectivity index (χ4n) is 6.40. The molecule has 0 fully saturated rings.